The molecule has 0 saturated heterocycles. The third-order valence-electron chi connectivity index (χ3n) is 5.72. The molecule has 1 unspecified atom stereocenters. The molecule has 0 radical (unpaired) electrons. The molecule has 0 N–H and O–H groups in total. The van der Waals surface area contributed by atoms with Crippen molar-refractivity contribution in [2.75, 3.05) is 0 Å². The lowest BCUT2D eigenvalue weighted by Gasteiger charge is -2.28. The van der Waals surface area contributed by atoms with Crippen molar-refractivity contribution in [2.45, 2.75) is 18.7 Å². The monoisotopic (exact) mass is 468 g/mol. The van der Waals surface area contributed by atoms with Gasteiger partial charge in [-0.05, 0) is 11.1 Å². The number of carbonyl (C=O) groups is 2. The van der Waals surface area contributed by atoms with Gasteiger partial charge in [0.2, 0.25) is 5.78 Å². The van der Waals surface area contributed by atoms with E-state index < -0.39 is 24.6 Å². The Morgan fingerprint density at radius 3 is 1.59 bits per heavy atom. The van der Waals surface area contributed by atoms with Crippen LogP contribution in [0.3, 0.4) is 0 Å². The van der Waals surface area contributed by atoms with Crippen molar-refractivity contribution < 1.29 is 18.9 Å². The van der Waals surface area contributed by atoms with Gasteiger partial charge in [-0.15, -0.1) is 0 Å². The van der Waals surface area contributed by atoms with Gasteiger partial charge in [-0.2, -0.15) is 0 Å². The van der Waals surface area contributed by atoms with E-state index >= 15 is 0 Å². The van der Waals surface area contributed by atoms with Gasteiger partial charge < -0.3 is 9.30 Å². The molecule has 1 atom stereocenters. The Kier molecular flexibility index (Phi) is 7.51. The van der Waals surface area contributed by atoms with Gasteiger partial charge >= 0.3 is 5.97 Å². The minimum atomic E-state index is -3.36. The molecule has 0 fully saturated rings. The molecule has 34 heavy (non-hydrogen) atoms. The summed E-state index contributed by atoms with van der Waals surface area (Å²) in [6.07, 6.45) is -0.224. The highest BCUT2D eigenvalue weighted by atomic mass is 31.2. The van der Waals surface area contributed by atoms with Gasteiger partial charge in [0.15, 0.2) is 7.14 Å². The third-order valence-corrected chi connectivity index (χ3v) is 9.21. The lowest BCUT2D eigenvalue weighted by molar-refractivity contribution is -0.154. The summed E-state index contributed by atoms with van der Waals surface area (Å²) >= 11 is 0. The van der Waals surface area contributed by atoms with Gasteiger partial charge in [0.05, 0.1) is 5.66 Å². The molecule has 0 saturated carbocycles. The zero-order valence-electron chi connectivity index (χ0n) is 18.6. The SMILES string of the molecule is O=C(CC(c1ccccc1)P(=O)(c1ccccc1)c1ccccc1)C(=O)OCc1ccccc1. The van der Waals surface area contributed by atoms with Crippen molar-refractivity contribution in [1.29, 1.82) is 0 Å². The summed E-state index contributed by atoms with van der Waals surface area (Å²) in [5.41, 5.74) is 0.820. The quantitative estimate of drug-likeness (QED) is 0.186. The second kappa shape index (κ2) is 10.9. The van der Waals surface area contributed by atoms with Crippen LogP contribution in [0, 0.1) is 0 Å². The van der Waals surface area contributed by atoms with E-state index in [1.165, 1.54) is 0 Å². The highest BCUT2D eigenvalue weighted by molar-refractivity contribution is 7.79. The Morgan fingerprint density at radius 1 is 0.647 bits per heavy atom. The van der Waals surface area contributed by atoms with E-state index in [2.05, 4.69) is 0 Å². The maximum Gasteiger partial charge on any atom is 0.374 e. The number of ketones is 1. The number of hydrogen-bond acceptors (Lipinski definition) is 4. The van der Waals surface area contributed by atoms with Gasteiger partial charge in [-0.1, -0.05) is 121 Å². The summed E-state index contributed by atoms with van der Waals surface area (Å²) in [6.45, 7) is 0.0104. The van der Waals surface area contributed by atoms with Crippen LogP contribution in [0.2, 0.25) is 0 Å². The molecule has 0 amide bonds. The van der Waals surface area contributed by atoms with Gasteiger partial charge in [0.25, 0.3) is 0 Å². The lowest BCUT2D eigenvalue weighted by Crippen LogP contribution is -2.26. The number of benzene rings is 4. The molecule has 0 aliphatic heterocycles. The molecular weight excluding hydrogens is 443 g/mol. The first-order valence-electron chi connectivity index (χ1n) is 11.1. The largest absolute Gasteiger partial charge is 0.455 e. The molecule has 4 nitrogen and oxygen atoms in total. The van der Waals surface area contributed by atoms with E-state index in [4.69, 9.17) is 4.74 Å². The predicted octanol–water partition coefficient (Wildman–Crippen LogP) is 5.44. The smallest absolute Gasteiger partial charge is 0.374 e. The van der Waals surface area contributed by atoms with Crippen LogP contribution in [-0.4, -0.2) is 11.8 Å². The van der Waals surface area contributed by atoms with E-state index in [0.29, 0.717) is 10.6 Å². The van der Waals surface area contributed by atoms with E-state index in [1.54, 1.807) is 0 Å². The Labute approximate surface area is 199 Å². The molecule has 0 bridgehead atoms. The fourth-order valence-corrected chi connectivity index (χ4v) is 7.26. The first-order valence-corrected chi connectivity index (χ1v) is 12.9. The van der Waals surface area contributed by atoms with Gasteiger partial charge in [-0.3, -0.25) is 4.79 Å². The molecule has 0 aromatic heterocycles. The average Bonchev–Trinajstić information content (AvgIpc) is 2.92. The fourth-order valence-electron chi connectivity index (χ4n) is 4.00. The van der Waals surface area contributed by atoms with Crippen LogP contribution >= 0.6 is 7.14 Å². The van der Waals surface area contributed by atoms with Crippen molar-refractivity contribution in [2.24, 2.45) is 0 Å². The van der Waals surface area contributed by atoms with Crippen LogP contribution in [0.25, 0.3) is 0 Å². The van der Waals surface area contributed by atoms with Crippen LogP contribution in [0.4, 0.5) is 0 Å². The van der Waals surface area contributed by atoms with Gasteiger partial charge in [-0.25, -0.2) is 4.79 Å². The summed E-state index contributed by atoms with van der Waals surface area (Å²) in [5.74, 6) is -1.62. The number of carbonyl (C=O) groups excluding carboxylic acids is 2. The Bertz CT molecular complexity index is 1230. The number of esters is 1. The fraction of sp³-hybridized carbons (Fsp3) is 0.103. The molecule has 4 aromatic carbocycles. The van der Waals surface area contributed by atoms with Crippen molar-refractivity contribution in [3.8, 4) is 0 Å². The van der Waals surface area contributed by atoms with Gasteiger partial charge in [0.1, 0.15) is 6.61 Å². The predicted molar refractivity (Wildman–Crippen MR) is 135 cm³/mol. The van der Waals surface area contributed by atoms with E-state index in [1.807, 2.05) is 121 Å². The molecule has 0 aliphatic carbocycles. The maximum atomic E-state index is 15.0. The zero-order valence-corrected chi connectivity index (χ0v) is 19.5. The summed E-state index contributed by atoms with van der Waals surface area (Å²) < 4.78 is 20.2. The normalized spacial score (nSPS) is 12.0. The first-order chi connectivity index (χ1) is 16.6. The number of hydrogen-bond donors (Lipinski definition) is 0. The summed E-state index contributed by atoms with van der Waals surface area (Å²) in [5, 5.41) is 1.28. The van der Waals surface area contributed by atoms with Crippen LogP contribution in [0.5, 0.6) is 0 Å². The van der Waals surface area contributed by atoms with Crippen molar-refractivity contribution >= 4 is 29.5 Å². The molecular formula is C29H25O4P. The topological polar surface area (TPSA) is 60.4 Å². The highest BCUT2D eigenvalue weighted by Gasteiger charge is 2.40. The van der Waals surface area contributed by atoms with E-state index in [0.717, 1.165) is 11.1 Å². The highest BCUT2D eigenvalue weighted by Crippen LogP contribution is 2.58. The molecule has 4 aromatic rings. The number of ether oxygens (including phenoxy) is 1. The average molecular weight is 468 g/mol. The number of Topliss-reactive ketones (excluding diaryl/α,β-unsaturated/α-hetero) is 1. The molecule has 5 heteroatoms. The number of rotatable bonds is 9. The molecule has 0 aliphatic rings. The van der Waals surface area contributed by atoms with Crippen LogP contribution < -0.4 is 10.6 Å². The Morgan fingerprint density at radius 2 is 1.09 bits per heavy atom. The minimum absolute atomic E-state index is 0.0104. The zero-order chi connectivity index (χ0) is 23.8. The van der Waals surface area contributed by atoms with Crippen LogP contribution in [-0.2, 0) is 25.5 Å². The van der Waals surface area contributed by atoms with E-state index in [9.17, 15) is 14.2 Å². The second-order valence-corrected chi connectivity index (χ2v) is 10.9. The third kappa shape index (κ3) is 5.24. The molecule has 0 heterocycles. The first kappa shape index (κ1) is 23.4. The minimum Gasteiger partial charge on any atom is -0.455 e. The summed E-state index contributed by atoms with van der Waals surface area (Å²) in [4.78, 5) is 25.7. The lowest BCUT2D eigenvalue weighted by atomic mass is 10.1. The van der Waals surface area contributed by atoms with E-state index in [-0.39, 0.29) is 13.0 Å². The van der Waals surface area contributed by atoms with Crippen molar-refractivity contribution in [3.05, 3.63) is 132 Å². The second-order valence-electron chi connectivity index (χ2n) is 7.94. The standard InChI is InChI=1S/C29H25O4P/c30-27(29(31)33-22-23-13-5-1-6-14-23)21-28(24-15-7-2-8-16-24)34(32,25-17-9-3-10-18-25)26-19-11-4-12-20-26/h1-20,28H,21-22H2. The molecule has 170 valence electrons. The maximum absolute atomic E-state index is 15.0. The van der Waals surface area contributed by atoms with Gasteiger partial charge in [0, 0.05) is 17.0 Å². The summed E-state index contributed by atoms with van der Waals surface area (Å²) in [6, 6.07) is 36.8. The van der Waals surface area contributed by atoms with Crippen molar-refractivity contribution in [1.82, 2.24) is 0 Å². The molecule has 0 spiro atoms. The Hall–Kier alpha value is -3.75. The Balaban J connectivity index is 1.70. The van der Waals surface area contributed by atoms with Crippen molar-refractivity contribution in [3.63, 3.8) is 0 Å². The van der Waals surface area contributed by atoms with Crippen LogP contribution in [0.1, 0.15) is 23.2 Å². The van der Waals surface area contributed by atoms with Crippen LogP contribution in [0.15, 0.2) is 121 Å². The summed E-state index contributed by atoms with van der Waals surface area (Å²) in [7, 11) is -3.36. The molecule has 4 rings (SSSR count).